The maximum Gasteiger partial charge on any atom is 0.243 e. The third kappa shape index (κ3) is 6.58. The van der Waals surface area contributed by atoms with Crippen LogP contribution in [0.3, 0.4) is 0 Å². The van der Waals surface area contributed by atoms with Gasteiger partial charge in [0.15, 0.2) is 5.78 Å². The summed E-state index contributed by atoms with van der Waals surface area (Å²) in [4.78, 5) is 15.7. The number of aryl methyl sites for hydroxylation is 1. The molecule has 4 rings (SSSR count). The Morgan fingerprint density at radius 1 is 1.03 bits per heavy atom. The summed E-state index contributed by atoms with van der Waals surface area (Å²) in [5.41, 5.74) is 2.94. The van der Waals surface area contributed by atoms with Gasteiger partial charge in [-0.05, 0) is 69.3 Å². The van der Waals surface area contributed by atoms with Crippen molar-refractivity contribution in [2.45, 2.75) is 56.9 Å². The highest BCUT2D eigenvalue weighted by atomic mass is 32.2. The van der Waals surface area contributed by atoms with Gasteiger partial charge in [-0.2, -0.15) is 4.31 Å². The van der Waals surface area contributed by atoms with Crippen LogP contribution in [0.1, 0.15) is 66.6 Å². The highest BCUT2D eigenvalue weighted by Crippen LogP contribution is 2.26. The van der Waals surface area contributed by atoms with Crippen molar-refractivity contribution in [1.29, 1.82) is 0 Å². The predicted octanol–water partition coefficient (Wildman–Crippen LogP) is 4.42. The van der Waals surface area contributed by atoms with Crippen LogP contribution in [0.15, 0.2) is 53.4 Å². The first-order valence-electron chi connectivity index (χ1n) is 13.0. The molecule has 0 saturated carbocycles. The molecule has 0 aliphatic carbocycles. The van der Waals surface area contributed by atoms with E-state index in [1.807, 2.05) is 0 Å². The van der Waals surface area contributed by atoms with E-state index < -0.39 is 10.0 Å². The number of carbonyl (C=O) groups is 1. The van der Waals surface area contributed by atoms with E-state index in [0.717, 1.165) is 25.9 Å². The second-order valence-corrected chi connectivity index (χ2v) is 12.2. The number of piperidine rings is 2. The summed E-state index contributed by atoms with van der Waals surface area (Å²) >= 11 is 0. The van der Waals surface area contributed by atoms with Gasteiger partial charge < -0.3 is 5.32 Å². The third-order valence-electron chi connectivity index (χ3n) is 7.33. The molecule has 6 nitrogen and oxygen atoms in total. The lowest BCUT2D eigenvalue weighted by atomic mass is 10.0. The van der Waals surface area contributed by atoms with Gasteiger partial charge in [0.05, 0.1) is 11.4 Å². The fourth-order valence-corrected chi connectivity index (χ4v) is 6.89. The van der Waals surface area contributed by atoms with Crippen molar-refractivity contribution in [1.82, 2.24) is 14.5 Å². The van der Waals surface area contributed by atoms with Crippen LogP contribution in [-0.2, 0) is 10.0 Å². The van der Waals surface area contributed by atoms with Gasteiger partial charge in [0.25, 0.3) is 0 Å². The summed E-state index contributed by atoms with van der Waals surface area (Å²) in [6, 6.07) is 15.4. The van der Waals surface area contributed by atoms with Crippen molar-refractivity contribution in [2.75, 3.05) is 39.3 Å². The standard InChI is InChI=1S/C28H39N3O3S/c1-22-11-13-24(14-12-22)27(30-15-4-3-5-16-30)19-29-20-28(32)25-9-6-10-26(18-25)35(33,34)31-17-7-8-23(2)21-31/h6,9-14,18,23,27,29H,3-5,7-8,15-17,19-21H2,1-2H3. The van der Waals surface area contributed by atoms with Gasteiger partial charge in [-0.3, -0.25) is 9.69 Å². The van der Waals surface area contributed by atoms with Crippen molar-refractivity contribution in [3.63, 3.8) is 0 Å². The number of benzene rings is 2. The number of ketones is 1. The van der Waals surface area contributed by atoms with Crippen molar-refractivity contribution in [3.05, 3.63) is 65.2 Å². The molecule has 2 aromatic rings. The SMILES string of the molecule is Cc1ccc(C(CNCC(=O)c2cccc(S(=O)(=O)N3CCCC(C)C3)c2)N2CCCCC2)cc1. The summed E-state index contributed by atoms with van der Waals surface area (Å²) < 4.78 is 27.9. The fourth-order valence-electron chi connectivity index (χ4n) is 5.24. The van der Waals surface area contributed by atoms with Crippen LogP contribution in [0, 0.1) is 12.8 Å². The van der Waals surface area contributed by atoms with Gasteiger partial charge >= 0.3 is 0 Å². The van der Waals surface area contributed by atoms with E-state index in [1.165, 1.54) is 30.4 Å². The number of carbonyl (C=O) groups excluding carboxylic acids is 1. The number of hydrogen-bond acceptors (Lipinski definition) is 5. The number of nitrogens with zero attached hydrogens (tertiary/aromatic N) is 2. The Morgan fingerprint density at radius 3 is 2.49 bits per heavy atom. The highest BCUT2D eigenvalue weighted by molar-refractivity contribution is 7.89. The molecule has 0 bridgehead atoms. The van der Waals surface area contributed by atoms with Gasteiger partial charge in [-0.25, -0.2) is 8.42 Å². The van der Waals surface area contributed by atoms with Crippen LogP contribution >= 0.6 is 0 Å². The lowest BCUT2D eigenvalue weighted by Gasteiger charge is -2.35. The Labute approximate surface area is 210 Å². The zero-order valence-electron chi connectivity index (χ0n) is 21.1. The quantitative estimate of drug-likeness (QED) is 0.520. The zero-order valence-corrected chi connectivity index (χ0v) is 21.9. The molecule has 2 saturated heterocycles. The van der Waals surface area contributed by atoms with Crippen LogP contribution in [0.4, 0.5) is 0 Å². The summed E-state index contributed by atoms with van der Waals surface area (Å²) in [6.07, 6.45) is 5.62. The predicted molar refractivity (Wildman–Crippen MR) is 140 cm³/mol. The molecule has 2 aliphatic rings. The number of rotatable bonds is 9. The summed E-state index contributed by atoms with van der Waals surface area (Å²) in [6.45, 7) is 8.27. The van der Waals surface area contributed by atoms with Crippen LogP contribution in [0.25, 0.3) is 0 Å². The molecule has 2 aromatic carbocycles. The first-order valence-corrected chi connectivity index (χ1v) is 14.4. The average molecular weight is 498 g/mol. The Bertz CT molecular complexity index is 1090. The largest absolute Gasteiger partial charge is 0.308 e. The topological polar surface area (TPSA) is 69.7 Å². The van der Waals surface area contributed by atoms with Gasteiger partial charge in [0, 0.05) is 31.2 Å². The lowest BCUT2D eigenvalue weighted by molar-refractivity contribution is 0.0983. The van der Waals surface area contributed by atoms with Crippen LogP contribution in [-0.4, -0.2) is 62.7 Å². The molecule has 35 heavy (non-hydrogen) atoms. The van der Waals surface area contributed by atoms with Crippen molar-refractivity contribution in [2.24, 2.45) is 5.92 Å². The van der Waals surface area contributed by atoms with Gasteiger partial charge in [-0.1, -0.05) is 55.3 Å². The lowest BCUT2D eigenvalue weighted by Crippen LogP contribution is -2.40. The van der Waals surface area contributed by atoms with Gasteiger partial charge in [-0.15, -0.1) is 0 Å². The summed E-state index contributed by atoms with van der Waals surface area (Å²) in [5.74, 6) is 0.268. The number of nitrogens with one attached hydrogen (secondary N) is 1. The van der Waals surface area contributed by atoms with E-state index in [4.69, 9.17) is 0 Å². The smallest absolute Gasteiger partial charge is 0.243 e. The minimum atomic E-state index is -3.58. The maximum absolute atomic E-state index is 13.2. The fraction of sp³-hybridized carbons (Fsp3) is 0.536. The Hall–Kier alpha value is -2.06. The highest BCUT2D eigenvalue weighted by Gasteiger charge is 2.29. The van der Waals surface area contributed by atoms with E-state index >= 15 is 0 Å². The molecule has 2 heterocycles. The van der Waals surface area contributed by atoms with E-state index in [9.17, 15) is 13.2 Å². The Morgan fingerprint density at radius 2 is 1.77 bits per heavy atom. The van der Waals surface area contributed by atoms with Crippen LogP contribution < -0.4 is 5.32 Å². The molecule has 2 fully saturated rings. The molecule has 190 valence electrons. The Kier molecular flexibility index (Phi) is 8.76. The molecule has 2 atom stereocenters. The summed E-state index contributed by atoms with van der Waals surface area (Å²) in [7, 11) is -3.58. The van der Waals surface area contributed by atoms with Gasteiger partial charge in [0.2, 0.25) is 10.0 Å². The normalized spacial score (nSPS) is 21.0. The van der Waals surface area contributed by atoms with Crippen molar-refractivity contribution >= 4 is 15.8 Å². The molecule has 1 N–H and O–H groups in total. The van der Waals surface area contributed by atoms with Crippen molar-refractivity contribution < 1.29 is 13.2 Å². The number of hydrogen-bond donors (Lipinski definition) is 1. The molecule has 0 aromatic heterocycles. The third-order valence-corrected chi connectivity index (χ3v) is 9.19. The first kappa shape index (κ1) is 26.0. The second kappa shape index (κ2) is 11.8. The van der Waals surface area contributed by atoms with Crippen LogP contribution in [0.5, 0.6) is 0 Å². The summed E-state index contributed by atoms with van der Waals surface area (Å²) in [5, 5.41) is 3.37. The van der Waals surface area contributed by atoms with E-state index in [-0.39, 0.29) is 23.3 Å². The molecule has 7 heteroatoms. The molecule has 2 aliphatic heterocycles. The van der Waals surface area contributed by atoms with E-state index in [0.29, 0.717) is 31.1 Å². The van der Waals surface area contributed by atoms with Gasteiger partial charge in [0.1, 0.15) is 0 Å². The minimum absolute atomic E-state index is 0.0876. The zero-order chi connectivity index (χ0) is 24.8. The number of likely N-dealkylation sites (tertiary alicyclic amines) is 1. The first-order chi connectivity index (χ1) is 16.8. The van der Waals surface area contributed by atoms with Crippen molar-refractivity contribution in [3.8, 4) is 0 Å². The molecule has 2 unspecified atom stereocenters. The monoisotopic (exact) mass is 497 g/mol. The van der Waals surface area contributed by atoms with E-state index in [2.05, 4.69) is 48.3 Å². The van der Waals surface area contributed by atoms with Crippen LogP contribution in [0.2, 0.25) is 0 Å². The molecular formula is C28H39N3O3S. The second-order valence-electron chi connectivity index (χ2n) is 10.2. The van der Waals surface area contributed by atoms with E-state index in [1.54, 1.807) is 28.6 Å². The molecule has 0 radical (unpaired) electrons. The number of sulfonamides is 1. The average Bonchev–Trinajstić information content (AvgIpc) is 2.88. The maximum atomic E-state index is 13.2. The molecular weight excluding hydrogens is 458 g/mol. The molecule has 0 spiro atoms. The molecule has 0 amide bonds. The number of Topliss-reactive ketones (excluding diaryl/α,β-unsaturated/α-hetero) is 1. The Balaban J connectivity index is 1.41. The minimum Gasteiger partial charge on any atom is -0.308 e.